The van der Waals surface area contributed by atoms with E-state index >= 15 is 0 Å². The SMILES string of the molecule is C#CC(C)NC(=O)c1ccc(S(=O)(=O)Cl)cc1. The van der Waals surface area contributed by atoms with Crippen LogP contribution in [0, 0.1) is 12.3 Å². The average Bonchev–Trinajstić information content (AvgIpc) is 2.27. The summed E-state index contributed by atoms with van der Waals surface area (Å²) in [7, 11) is 1.38. The average molecular weight is 272 g/mol. The first-order chi connectivity index (χ1) is 7.84. The molecular weight excluding hydrogens is 262 g/mol. The minimum absolute atomic E-state index is 0.0549. The molecule has 0 heterocycles. The smallest absolute Gasteiger partial charge is 0.261 e. The predicted octanol–water partition coefficient (Wildman–Crippen LogP) is 1.37. The molecule has 0 aliphatic heterocycles. The molecule has 1 aromatic carbocycles. The molecule has 4 nitrogen and oxygen atoms in total. The molecule has 1 aromatic rings. The highest BCUT2D eigenvalue weighted by Gasteiger charge is 2.12. The summed E-state index contributed by atoms with van der Waals surface area (Å²) in [6, 6.07) is 4.87. The summed E-state index contributed by atoms with van der Waals surface area (Å²) >= 11 is 0. The van der Waals surface area contributed by atoms with E-state index in [1.165, 1.54) is 24.3 Å². The molecule has 6 heteroatoms. The zero-order valence-electron chi connectivity index (χ0n) is 8.98. The van der Waals surface area contributed by atoms with Gasteiger partial charge >= 0.3 is 0 Å². The molecule has 0 radical (unpaired) electrons. The lowest BCUT2D eigenvalue weighted by molar-refractivity contribution is 0.0948. The van der Waals surface area contributed by atoms with Gasteiger partial charge in [-0.3, -0.25) is 4.79 Å². The van der Waals surface area contributed by atoms with Crippen molar-refractivity contribution < 1.29 is 13.2 Å². The van der Waals surface area contributed by atoms with Crippen molar-refractivity contribution in [2.24, 2.45) is 0 Å². The zero-order chi connectivity index (χ0) is 13.1. The highest BCUT2D eigenvalue weighted by atomic mass is 35.7. The van der Waals surface area contributed by atoms with E-state index in [1.807, 2.05) is 0 Å². The minimum atomic E-state index is -3.76. The Hall–Kier alpha value is -1.51. The van der Waals surface area contributed by atoms with Gasteiger partial charge < -0.3 is 5.32 Å². The van der Waals surface area contributed by atoms with Gasteiger partial charge in [0.2, 0.25) is 0 Å². The first kappa shape index (κ1) is 13.6. The van der Waals surface area contributed by atoms with Gasteiger partial charge in [-0.05, 0) is 31.2 Å². The molecule has 0 bridgehead atoms. The third kappa shape index (κ3) is 3.77. The summed E-state index contributed by atoms with van der Waals surface area (Å²) in [5, 5.41) is 2.55. The maximum atomic E-state index is 11.6. The predicted molar refractivity (Wildman–Crippen MR) is 65.2 cm³/mol. The normalized spacial score (nSPS) is 12.5. The molecule has 0 aromatic heterocycles. The molecule has 0 saturated carbocycles. The second-order valence-electron chi connectivity index (χ2n) is 3.32. The second-order valence-corrected chi connectivity index (χ2v) is 5.89. The number of carbonyl (C=O) groups is 1. The Labute approximate surface area is 104 Å². The molecule has 1 rings (SSSR count). The molecule has 0 aliphatic carbocycles. The van der Waals surface area contributed by atoms with Gasteiger partial charge in [0.05, 0.1) is 10.9 Å². The maximum Gasteiger partial charge on any atom is 0.261 e. The van der Waals surface area contributed by atoms with Gasteiger partial charge in [0.15, 0.2) is 0 Å². The van der Waals surface area contributed by atoms with Crippen LogP contribution in [-0.4, -0.2) is 20.4 Å². The Morgan fingerprint density at radius 1 is 1.41 bits per heavy atom. The third-order valence-corrected chi connectivity index (χ3v) is 3.37. The fourth-order valence-electron chi connectivity index (χ4n) is 1.09. The Balaban J connectivity index is 2.89. The molecule has 1 atom stereocenters. The van der Waals surface area contributed by atoms with Gasteiger partial charge in [0.25, 0.3) is 15.0 Å². The second kappa shape index (κ2) is 5.21. The quantitative estimate of drug-likeness (QED) is 0.667. The van der Waals surface area contributed by atoms with E-state index in [0.29, 0.717) is 5.56 Å². The summed E-state index contributed by atoms with van der Waals surface area (Å²) in [6.07, 6.45) is 5.12. The summed E-state index contributed by atoms with van der Waals surface area (Å²) in [6.45, 7) is 1.66. The Bertz CT molecular complexity index is 557. The van der Waals surface area contributed by atoms with Crippen LogP contribution in [0.1, 0.15) is 17.3 Å². The maximum absolute atomic E-state index is 11.6. The van der Waals surface area contributed by atoms with Crippen molar-refractivity contribution >= 4 is 25.6 Å². The van der Waals surface area contributed by atoms with E-state index in [0.717, 1.165) is 0 Å². The van der Waals surface area contributed by atoms with Crippen molar-refractivity contribution in [3.05, 3.63) is 29.8 Å². The molecule has 0 spiro atoms. The number of hydrogen-bond donors (Lipinski definition) is 1. The van der Waals surface area contributed by atoms with Crippen LogP contribution >= 0.6 is 10.7 Å². The highest BCUT2D eigenvalue weighted by Crippen LogP contribution is 2.15. The number of amides is 1. The first-order valence-corrected chi connectivity index (χ1v) is 6.97. The molecule has 1 N–H and O–H groups in total. The number of carbonyl (C=O) groups excluding carboxylic acids is 1. The molecule has 17 heavy (non-hydrogen) atoms. The lowest BCUT2D eigenvalue weighted by Gasteiger charge is -2.07. The van der Waals surface area contributed by atoms with Gasteiger partial charge in [-0.1, -0.05) is 5.92 Å². The van der Waals surface area contributed by atoms with Crippen LogP contribution in [0.2, 0.25) is 0 Å². The van der Waals surface area contributed by atoms with Crippen LogP contribution in [0.15, 0.2) is 29.2 Å². The van der Waals surface area contributed by atoms with Crippen molar-refractivity contribution in [3.63, 3.8) is 0 Å². The molecule has 0 saturated heterocycles. The Morgan fingerprint density at radius 3 is 2.35 bits per heavy atom. The summed E-state index contributed by atoms with van der Waals surface area (Å²) in [4.78, 5) is 11.5. The van der Waals surface area contributed by atoms with Crippen LogP contribution in [0.5, 0.6) is 0 Å². The van der Waals surface area contributed by atoms with Crippen LogP contribution in [0.25, 0.3) is 0 Å². The van der Waals surface area contributed by atoms with Crippen molar-refractivity contribution in [2.45, 2.75) is 17.9 Å². The summed E-state index contributed by atoms with van der Waals surface area (Å²) in [5.74, 6) is 1.99. The Kier molecular flexibility index (Phi) is 4.16. The molecule has 1 amide bonds. The monoisotopic (exact) mass is 271 g/mol. The first-order valence-electron chi connectivity index (χ1n) is 4.66. The summed E-state index contributed by atoms with van der Waals surface area (Å²) < 4.78 is 22.0. The number of terminal acetylenes is 1. The number of nitrogens with one attached hydrogen (secondary N) is 1. The topological polar surface area (TPSA) is 63.2 Å². The van der Waals surface area contributed by atoms with Crippen LogP contribution in [-0.2, 0) is 9.05 Å². The number of halogens is 1. The summed E-state index contributed by atoms with van der Waals surface area (Å²) in [5.41, 5.74) is 0.316. The number of hydrogen-bond acceptors (Lipinski definition) is 3. The van der Waals surface area contributed by atoms with Crippen LogP contribution in [0.3, 0.4) is 0 Å². The minimum Gasteiger partial charge on any atom is -0.339 e. The van der Waals surface area contributed by atoms with E-state index in [2.05, 4.69) is 11.2 Å². The fraction of sp³-hybridized carbons (Fsp3) is 0.182. The van der Waals surface area contributed by atoms with E-state index in [-0.39, 0.29) is 16.8 Å². The van der Waals surface area contributed by atoms with Crippen molar-refractivity contribution in [2.75, 3.05) is 0 Å². The number of rotatable bonds is 3. The molecule has 90 valence electrons. The molecule has 0 aliphatic rings. The number of benzene rings is 1. The highest BCUT2D eigenvalue weighted by molar-refractivity contribution is 8.13. The third-order valence-electron chi connectivity index (χ3n) is 2.00. The van der Waals surface area contributed by atoms with E-state index in [9.17, 15) is 13.2 Å². The lowest BCUT2D eigenvalue weighted by atomic mass is 10.2. The molecule has 1 unspecified atom stereocenters. The molecule has 0 fully saturated rings. The van der Waals surface area contributed by atoms with Crippen molar-refractivity contribution in [1.29, 1.82) is 0 Å². The van der Waals surface area contributed by atoms with Crippen LogP contribution < -0.4 is 5.32 Å². The van der Waals surface area contributed by atoms with Gasteiger partial charge in [-0.15, -0.1) is 6.42 Å². The van der Waals surface area contributed by atoms with Crippen LogP contribution in [0.4, 0.5) is 0 Å². The van der Waals surface area contributed by atoms with Crippen molar-refractivity contribution in [1.82, 2.24) is 5.32 Å². The van der Waals surface area contributed by atoms with Gasteiger partial charge in [-0.2, -0.15) is 0 Å². The van der Waals surface area contributed by atoms with Gasteiger partial charge in [-0.25, -0.2) is 8.42 Å². The van der Waals surface area contributed by atoms with Gasteiger partial charge in [0, 0.05) is 16.2 Å². The largest absolute Gasteiger partial charge is 0.339 e. The van der Waals surface area contributed by atoms with E-state index in [4.69, 9.17) is 17.1 Å². The van der Waals surface area contributed by atoms with Gasteiger partial charge in [0.1, 0.15) is 0 Å². The fourth-order valence-corrected chi connectivity index (χ4v) is 1.86. The molecular formula is C11H10ClNO3S. The van der Waals surface area contributed by atoms with E-state index < -0.39 is 9.05 Å². The zero-order valence-corrected chi connectivity index (χ0v) is 10.5. The lowest BCUT2D eigenvalue weighted by Crippen LogP contribution is -2.31. The van der Waals surface area contributed by atoms with E-state index in [1.54, 1.807) is 6.92 Å². The Morgan fingerprint density at radius 2 is 1.94 bits per heavy atom. The standard InChI is InChI=1S/C11H10ClNO3S/c1-3-8(2)13-11(14)9-4-6-10(7-5-9)17(12,15)16/h1,4-8H,2H3,(H,13,14). The van der Waals surface area contributed by atoms with Crippen molar-refractivity contribution in [3.8, 4) is 12.3 Å².